The lowest BCUT2D eigenvalue weighted by molar-refractivity contribution is 0.0982. The zero-order valence-corrected chi connectivity index (χ0v) is 16.2. The van der Waals surface area contributed by atoms with Crippen LogP contribution in [-0.2, 0) is 6.42 Å². The number of carbonyl (C=O) groups is 1. The van der Waals surface area contributed by atoms with Crippen LogP contribution in [0.3, 0.4) is 0 Å². The lowest BCUT2D eigenvalue weighted by Crippen LogP contribution is -2.35. The number of aryl methyl sites for hydroxylation is 1. The minimum Gasteiger partial charge on any atom is -0.453 e. The molecule has 1 aliphatic heterocycles. The van der Waals surface area contributed by atoms with Gasteiger partial charge in [-0.3, -0.25) is 9.78 Å². The first-order chi connectivity index (χ1) is 13.5. The van der Waals surface area contributed by atoms with Crippen molar-refractivity contribution in [2.75, 3.05) is 11.4 Å². The molecular weight excluding hydrogens is 402 g/mol. The summed E-state index contributed by atoms with van der Waals surface area (Å²) < 4.78 is 19.4. The van der Waals surface area contributed by atoms with Gasteiger partial charge in [0.2, 0.25) is 0 Å². The highest BCUT2D eigenvalue weighted by molar-refractivity contribution is 6.34. The van der Waals surface area contributed by atoms with E-state index in [1.165, 1.54) is 24.5 Å². The highest BCUT2D eigenvalue weighted by Gasteiger charge is 2.26. The Morgan fingerprint density at radius 2 is 1.96 bits per heavy atom. The average Bonchev–Trinajstić information content (AvgIpc) is 2.70. The molecule has 142 valence electrons. The van der Waals surface area contributed by atoms with E-state index < -0.39 is 0 Å². The lowest BCUT2D eigenvalue weighted by atomic mass is 10.0. The minimum absolute atomic E-state index is 0.247. The summed E-state index contributed by atoms with van der Waals surface area (Å²) in [6, 6.07) is 10.9. The minimum atomic E-state index is -0.309. The van der Waals surface area contributed by atoms with Crippen molar-refractivity contribution >= 4 is 34.8 Å². The fourth-order valence-electron chi connectivity index (χ4n) is 3.23. The Bertz CT molecular complexity index is 1060. The highest BCUT2D eigenvalue weighted by atomic mass is 35.5. The molecule has 0 spiro atoms. The van der Waals surface area contributed by atoms with Crippen LogP contribution in [0.4, 0.5) is 10.1 Å². The second-order valence-corrected chi connectivity index (χ2v) is 7.23. The fraction of sp³-hybridized carbons (Fsp3) is 0.143. The maximum Gasteiger partial charge on any atom is 0.262 e. The summed E-state index contributed by atoms with van der Waals surface area (Å²) in [7, 11) is 0. The van der Waals surface area contributed by atoms with E-state index in [-0.39, 0.29) is 17.5 Å². The molecule has 1 aliphatic rings. The van der Waals surface area contributed by atoms with Gasteiger partial charge >= 0.3 is 0 Å². The first-order valence-electron chi connectivity index (χ1n) is 8.70. The van der Waals surface area contributed by atoms with E-state index in [2.05, 4.69) is 4.98 Å². The smallest absolute Gasteiger partial charge is 0.262 e. The van der Waals surface area contributed by atoms with Crippen molar-refractivity contribution < 1.29 is 13.9 Å². The van der Waals surface area contributed by atoms with Crippen LogP contribution in [0.5, 0.6) is 11.5 Å². The van der Waals surface area contributed by atoms with Crippen LogP contribution in [0.25, 0.3) is 0 Å². The predicted molar refractivity (Wildman–Crippen MR) is 107 cm³/mol. The fourth-order valence-corrected chi connectivity index (χ4v) is 3.55. The van der Waals surface area contributed by atoms with Crippen LogP contribution in [0.1, 0.15) is 22.3 Å². The van der Waals surface area contributed by atoms with Crippen molar-refractivity contribution in [2.45, 2.75) is 12.8 Å². The summed E-state index contributed by atoms with van der Waals surface area (Å²) in [5, 5.41) is 0.827. The Hall–Kier alpha value is -2.63. The zero-order chi connectivity index (χ0) is 19.7. The molecule has 0 bridgehead atoms. The van der Waals surface area contributed by atoms with Crippen molar-refractivity contribution in [3.05, 3.63) is 81.8 Å². The zero-order valence-electron chi connectivity index (χ0n) is 14.7. The third-order valence-corrected chi connectivity index (χ3v) is 5.08. The summed E-state index contributed by atoms with van der Waals surface area (Å²) in [4.78, 5) is 19.0. The Labute approximate surface area is 171 Å². The van der Waals surface area contributed by atoms with Gasteiger partial charge in [0.25, 0.3) is 5.91 Å². The van der Waals surface area contributed by atoms with Gasteiger partial charge in [0, 0.05) is 29.5 Å². The molecule has 0 saturated heterocycles. The maximum atomic E-state index is 13.6. The van der Waals surface area contributed by atoms with E-state index >= 15 is 0 Å². The average molecular weight is 417 g/mol. The summed E-state index contributed by atoms with van der Waals surface area (Å²) in [6.07, 6.45) is 4.47. The number of anilines is 1. The van der Waals surface area contributed by atoms with Gasteiger partial charge in [-0.25, -0.2) is 4.39 Å². The van der Waals surface area contributed by atoms with Gasteiger partial charge < -0.3 is 9.64 Å². The van der Waals surface area contributed by atoms with Crippen molar-refractivity contribution in [1.82, 2.24) is 4.98 Å². The first-order valence-corrected chi connectivity index (χ1v) is 9.46. The molecule has 0 unspecified atom stereocenters. The van der Waals surface area contributed by atoms with Crippen molar-refractivity contribution in [3.8, 4) is 11.5 Å². The highest BCUT2D eigenvalue weighted by Crippen LogP contribution is 2.35. The molecular formula is C21H15Cl2FN2O2. The monoisotopic (exact) mass is 416 g/mol. The van der Waals surface area contributed by atoms with Crippen molar-refractivity contribution in [2.24, 2.45) is 0 Å². The molecule has 0 atom stereocenters. The van der Waals surface area contributed by atoms with Crippen LogP contribution in [-0.4, -0.2) is 17.4 Å². The molecule has 0 fully saturated rings. The summed E-state index contributed by atoms with van der Waals surface area (Å²) in [5.41, 5.74) is 1.86. The molecule has 0 saturated carbocycles. The van der Waals surface area contributed by atoms with E-state index in [4.69, 9.17) is 27.9 Å². The number of benzene rings is 2. The number of ether oxygens (including phenoxy) is 1. The van der Waals surface area contributed by atoms with Crippen LogP contribution < -0.4 is 9.64 Å². The molecule has 28 heavy (non-hydrogen) atoms. The predicted octanol–water partition coefficient (Wildman–Crippen LogP) is 5.91. The molecule has 0 N–H and O–H groups in total. The SMILES string of the molecule is O=C(c1ccncc1Oc1cc(Cl)ccc1Cl)N1CCCc2cc(F)ccc21. The molecule has 2 aromatic carbocycles. The molecule has 2 heterocycles. The Balaban J connectivity index is 1.69. The van der Waals surface area contributed by atoms with Gasteiger partial charge in [0.05, 0.1) is 16.8 Å². The molecule has 1 amide bonds. The number of hydrogen-bond donors (Lipinski definition) is 0. The normalized spacial score (nSPS) is 13.2. The molecule has 1 aromatic heterocycles. The molecule has 4 nitrogen and oxygen atoms in total. The van der Waals surface area contributed by atoms with Crippen LogP contribution in [0.15, 0.2) is 54.9 Å². The number of fused-ring (bicyclic) bond motifs is 1. The number of hydrogen-bond acceptors (Lipinski definition) is 3. The quantitative estimate of drug-likeness (QED) is 0.532. The van der Waals surface area contributed by atoms with Crippen LogP contribution in [0.2, 0.25) is 10.0 Å². The molecule has 0 radical (unpaired) electrons. The standard InChI is InChI=1S/C21H15Cl2FN2O2/c22-14-3-5-17(23)19(11-14)28-20-12-25-8-7-16(20)21(27)26-9-1-2-13-10-15(24)4-6-18(13)26/h3-8,10-12H,1-2,9H2. The van der Waals surface area contributed by atoms with Gasteiger partial charge in [0.1, 0.15) is 11.6 Å². The number of carbonyl (C=O) groups excluding carboxylic acids is 1. The third kappa shape index (κ3) is 3.68. The summed E-state index contributed by atoms with van der Waals surface area (Å²) >= 11 is 12.2. The van der Waals surface area contributed by atoms with Crippen LogP contribution >= 0.6 is 23.2 Å². The van der Waals surface area contributed by atoms with Crippen molar-refractivity contribution in [3.63, 3.8) is 0 Å². The molecule has 7 heteroatoms. The lowest BCUT2D eigenvalue weighted by Gasteiger charge is -2.30. The van der Waals surface area contributed by atoms with Crippen molar-refractivity contribution in [1.29, 1.82) is 0 Å². The van der Waals surface area contributed by atoms with E-state index in [0.717, 1.165) is 18.4 Å². The Kier molecular flexibility index (Phi) is 5.20. The van der Waals surface area contributed by atoms with E-state index in [1.807, 2.05) is 0 Å². The number of halogens is 3. The second-order valence-electron chi connectivity index (χ2n) is 6.38. The molecule has 0 aliphatic carbocycles. The largest absolute Gasteiger partial charge is 0.453 e. The molecule has 4 rings (SSSR count). The Morgan fingerprint density at radius 3 is 2.82 bits per heavy atom. The number of rotatable bonds is 3. The maximum absolute atomic E-state index is 13.6. The van der Waals surface area contributed by atoms with Gasteiger partial charge in [-0.1, -0.05) is 23.2 Å². The van der Waals surface area contributed by atoms with E-state index in [9.17, 15) is 9.18 Å². The number of pyridine rings is 1. The number of nitrogens with zero attached hydrogens (tertiary/aromatic N) is 2. The molecule has 3 aromatic rings. The number of amides is 1. The second kappa shape index (κ2) is 7.78. The van der Waals surface area contributed by atoms with Gasteiger partial charge in [0.15, 0.2) is 5.75 Å². The topological polar surface area (TPSA) is 42.4 Å². The third-order valence-electron chi connectivity index (χ3n) is 4.53. The van der Waals surface area contributed by atoms with Crippen LogP contribution in [0, 0.1) is 5.82 Å². The Morgan fingerprint density at radius 1 is 1.11 bits per heavy atom. The summed E-state index contributed by atoms with van der Waals surface area (Å²) in [6.45, 7) is 0.539. The summed E-state index contributed by atoms with van der Waals surface area (Å²) in [5.74, 6) is 0.0444. The number of aromatic nitrogens is 1. The van der Waals surface area contributed by atoms with Gasteiger partial charge in [-0.05, 0) is 54.8 Å². The van der Waals surface area contributed by atoms with E-state index in [0.29, 0.717) is 33.6 Å². The van der Waals surface area contributed by atoms with E-state index in [1.54, 1.807) is 35.2 Å². The first kappa shape index (κ1) is 18.7. The van der Waals surface area contributed by atoms with Gasteiger partial charge in [-0.2, -0.15) is 0 Å². The van der Waals surface area contributed by atoms with Gasteiger partial charge in [-0.15, -0.1) is 0 Å².